The van der Waals surface area contributed by atoms with Gasteiger partial charge < -0.3 is 10.4 Å². The molecule has 1 amide bonds. The Morgan fingerprint density at radius 3 is 2.21 bits per heavy atom. The molecule has 0 aromatic heterocycles. The summed E-state index contributed by atoms with van der Waals surface area (Å²) in [6, 6.07) is -0.310. The van der Waals surface area contributed by atoms with Gasteiger partial charge in [-0.1, -0.05) is 13.8 Å². The Hall–Kier alpha value is -1.43. The summed E-state index contributed by atoms with van der Waals surface area (Å²) < 4.78 is 0. The highest BCUT2D eigenvalue weighted by Crippen LogP contribution is 2.26. The summed E-state index contributed by atoms with van der Waals surface area (Å²) in [6.07, 6.45) is 1.86. The molecule has 1 aliphatic carbocycles. The zero-order valence-corrected chi connectivity index (χ0v) is 11.7. The van der Waals surface area contributed by atoms with E-state index in [0.29, 0.717) is 0 Å². The van der Waals surface area contributed by atoms with Crippen molar-refractivity contribution in [1.29, 1.82) is 0 Å². The van der Waals surface area contributed by atoms with Crippen molar-refractivity contribution in [3.63, 3.8) is 0 Å². The van der Waals surface area contributed by atoms with Crippen molar-refractivity contribution in [2.45, 2.75) is 45.7 Å². The maximum absolute atomic E-state index is 11.9. The van der Waals surface area contributed by atoms with Crippen LogP contribution in [0.5, 0.6) is 0 Å². The van der Waals surface area contributed by atoms with Crippen LogP contribution in [0.15, 0.2) is 0 Å². The number of hydrogen-bond donors (Lipinski definition) is 2. The van der Waals surface area contributed by atoms with Crippen molar-refractivity contribution in [3.8, 4) is 0 Å². The van der Waals surface area contributed by atoms with Crippen LogP contribution < -0.4 is 5.32 Å². The first-order valence-corrected chi connectivity index (χ1v) is 6.57. The number of ketones is 1. The Balaban J connectivity index is 2.51. The first-order valence-electron chi connectivity index (χ1n) is 6.57. The van der Waals surface area contributed by atoms with Crippen LogP contribution in [0.4, 0.5) is 0 Å². The number of carbonyl (C=O) groups is 3. The van der Waals surface area contributed by atoms with Gasteiger partial charge >= 0.3 is 5.97 Å². The summed E-state index contributed by atoms with van der Waals surface area (Å²) in [4.78, 5) is 35.7. The Kier molecular flexibility index (Phi) is 5.47. The fourth-order valence-corrected chi connectivity index (χ4v) is 2.07. The molecule has 1 atom stereocenters. The number of nitrogens with zero attached hydrogens (tertiary/aromatic N) is 1. The zero-order valence-electron chi connectivity index (χ0n) is 11.7. The number of carboxylic acid groups (broad SMARTS) is 1. The van der Waals surface area contributed by atoms with Crippen molar-refractivity contribution in [3.05, 3.63) is 0 Å². The molecule has 108 valence electrons. The molecule has 0 aromatic rings. The van der Waals surface area contributed by atoms with Gasteiger partial charge in [-0.3, -0.25) is 19.3 Å². The molecule has 1 rings (SSSR count). The summed E-state index contributed by atoms with van der Waals surface area (Å²) in [5, 5.41) is 11.5. The standard InChI is InChI=1S/C13H22N2O4/c1-8(2)13(9(3)16)14-11(17)6-15(7-12(18)19)10-4-5-10/h8,10,13H,4-7H2,1-3H3,(H,14,17)(H,18,19). The monoisotopic (exact) mass is 270 g/mol. The predicted octanol–water partition coefficient (Wildman–Crippen LogP) is 0.265. The Bertz CT molecular complexity index is 364. The van der Waals surface area contributed by atoms with Crippen LogP contribution in [0.2, 0.25) is 0 Å². The van der Waals surface area contributed by atoms with E-state index in [0.717, 1.165) is 12.8 Å². The average molecular weight is 270 g/mol. The molecular formula is C13H22N2O4. The summed E-state index contributed by atoms with van der Waals surface area (Å²) >= 11 is 0. The first kappa shape index (κ1) is 15.6. The van der Waals surface area contributed by atoms with E-state index in [1.165, 1.54) is 6.92 Å². The van der Waals surface area contributed by atoms with Crippen molar-refractivity contribution >= 4 is 17.7 Å². The van der Waals surface area contributed by atoms with Crippen LogP contribution in [0.25, 0.3) is 0 Å². The quantitative estimate of drug-likeness (QED) is 0.661. The number of hydrogen-bond acceptors (Lipinski definition) is 4. The number of Topliss-reactive ketones (excluding diaryl/α,β-unsaturated/α-hetero) is 1. The summed E-state index contributed by atoms with van der Waals surface area (Å²) in [6.45, 7) is 5.07. The molecule has 0 radical (unpaired) electrons. The van der Waals surface area contributed by atoms with Crippen LogP contribution >= 0.6 is 0 Å². The fourth-order valence-electron chi connectivity index (χ4n) is 2.07. The topological polar surface area (TPSA) is 86.7 Å². The molecule has 1 saturated carbocycles. The van der Waals surface area contributed by atoms with Crippen LogP contribution in [0.1, 0.15) is 33.6 Å². The maximum atomic E-state index is 11.9. The lowest BCUT2D eigenvalue weighted by molar-refractivity contribution is -0.139. The fraction of sp³-hybridized carbons (Fsp3) is 0.769. The van der Waals surface area contributed by atoms with Crippen LogP contribution in [-0.4, -0.2) is 52.8 Å². The van der Waals surface area contributed by atoms with Gasteiger partial charge in [-0.25, -0.2) is 0 Å². The van der Waals surface area contributed by atoms with E-state index in [2.05, 4.69) is 5.32 Å². The number of aliphatic carboxylic acids is 1. The Labute approximate surface area is 113 Å². The van der Waals surface area contributed by atoms with E-state index in [4.69, 9.17) is 5.11 Å². The molecule has 0 heterocycles. The lowest BCUT2D eigenvalue weighted by Crippen LogP contribution is -2.48. The molecule has 0 aromatic carbocycles. The first-order chi connectivity index (χ1) is 8.81. The second kappa shape index (κ2) is 6.65. The minimum Gasteiger partial charge on any atom is -0.480 e. The van der Waals surface area contributed by atoms with Crippen molar-refractivity contribution in [2.75, 3.05) is 13.1 Å². The van der Waals surface area contributed by atoms with Gasteiger partial charge in [0, 0.05) is 6.04 Å². The van der Waals surface area contributed by atoms with E-state index in [-0.39, 0.29) is 36.7 Å². The highest BCUT2D eigenvalue weighted by Gasteiger charge is 2.32. The Morgan fingerprint density at radius 1 is 1.26 bits per heavy atom. The smallest absolute Gasteiger partial charge is 0.317 e. The third kappa shape index (κ3) is 5.38. The van der Waals surface area contributed by atoms with Crippen LogP contribution in [0, 0.1) is 5.92 Å². The lowest BCUT2D eigenvalue weighted by atomic mass is 10.0. The molecule has 0 aliphatic heterocycles. The van der Waals surface area contributed by atoms with Crippen molar-refractivity contribution in [2.24, 2.45) is 5.92 Å². The van der Waals surface area contributed by atoms with Gasteiger partial charge in [-0.15, -0.1) is 0 Å². The van der Waals surface area contributed by atoms with Gasteiger partial charge in [0.15, 0.2) is 5.78 Å². The second-order valence-corrected chi connectivity index (χ2v) is 5.43. The Morgan fingerprint density at radius 2 is 1.84 bits per heavy atom. The average Bonchev–Trinajstić information content (AvgIpc) is 3.07. The number of nitrogens with one attached hydrogen (secondary N) is 1. The minimum absolute atomic E-state index is 0.0234. The number of rotatable bonds is 8. The van der Waals surface area contributed by atoms with Gasteiger partial charge in [0.1, 0.15) is 0 Å². The SMILES string of the molecule is CC(=O)C(NC(=O)CN(CC(=O)O)C1CC1)C(C)C. The molecule has 1 aliphatic rings. The van der Waals surface area contributed by atoms with Crippen LogP contribution in [0.3, 0.4) is 0 Å². The summed E-state index contributed by atoms with van der Waals surface area (Å²) in [5.74, 6) is -1.29. The third-order valence-electron chi connectivity index (χ3n) is 3.17. The van der Waals surface area contributed by atoms with E-state index in [1.807, 2.05) is 13.8 Å². The molecule has 0 saturated heterocycles. The molecule has 6 heteroatoms. The highest BCUT2D eigenvalue weighted by atomic mass is 16.4. The molecule has 2 N–H and O–H groups in total. The van der Waals surface area contributed by atoms with E-state index < -0.39 is 12.0 Å². The zero-order chi connectivity index (χ0) is 14.6. The normalized spacial score (nSPS) is 16.5. The maximum Gasteiger partial charge on any atom is 0.317 e. The van der Waals surface area contributed by atoms with Gasteiger partial charge in [-0.2, -0.15) is 0 Å². The second-order valence-electron chi connectivity index (χ2n) is 5.43. The van der Waals surface area contributed by atoms with E-state index in [9.17, 15) is 14.4 Å². The number of carbonyl (C=O) groups excluding carboxylic acids is 2. The predicted molar refractivity (Wildman–Crippen MR) is 69.7 cm³/mol. The largest absolute Gasteiger partial charge is 0.480 e. The molecule has 0 bridgehead atoms. The molecule has 6 nitrogen and oxygen atoms in total. The van der Waals surface area contributed by atoms with Gasteiger partial charge in [0.25, 0.3) is 0 Å². The minimum atomic E-state index is -0.938. The highest BCUT2D eigenvalue weighted by molar-refractivity contribution is 5.88. The lowest BCUT2D eigenvalue weighted by Gasteiger charge is -2.23. The van der Waals surface area contributed by atoms with Gasteiger partial charge in [-0.05, 0) is 25.7 Å². The number of amides is 1. The van der Waals surface area contributed by atoms with Crippen molar-refractivity contribution in [1.82, 2.24) is 10.2 Å². The van der Waals surface area contributed by atoms with E-state index in [1.54, 1.807) is 4.90 Å². The molecule has 19 heavy (non-hydrogen) atoms. The number of carboxylic acids is 1. The molecule has 1 unspecified atom stereocenters. The van der Waals surface area contributed by atoms with E-state index >= 15 is 0 Å². The van der Waals surface area contributed by atoms with Crippen LogP contribution in [-0.2, 0) is 14.4 Å². The summed E-state index contributed by atoms with van der Waals surface area (Å²) in [5.41, 5.74) is 0. The molecule has 1 fully saturated rings. The van der Waals surface area contributed by atoms with Gasteiger partial charge in [0.2, 0.25) is 5.91 Å². The summed E-state index contributed by atoms with van der Waals surface area (Å²) in [7, 11) is 0. The molecule has 0 spiro atoms. The third-order valence-corrected chi connectivity index (χ3v) is 3.17. The molecular weight excluding hydrogens is 248 g/mol. The van der Waals surface area contributed by atoms with Crippen molar-refractivity contribution < 1.29 is 19.5 Å². The van der Waals surface area contributed by atoms with Gasteiger partial charge in [0.05, 0.1) is 19.1 Å².